The number of benzene rings is 1. The fourth-order valence-electron chi connectivity index (χ4n) is 4.69. The Morgan fingerprint density at radius 1 is 1.18 bits per heavy atom. The number of tetrazole rings is 1. The van der Waals surface area contributed by atoms with Gasteiger partial charge in [0.25, 0.3) is 0 Å². The number of rotatable bonds is 5. The van der Waals surface area contributed by atoms with Crippen LogP contribution in [-0.4, -0.2) is 62.9 Å². The van der Waals surface area contributed by atoms with E-state index in [1.54, 1.807) is 17.5 Å². The number of hydrogen-bond acceptors (Lipinski definition) is 9. The Bertz CT molecular complexity index is 1190. The number of hydrogen-bond donors (Lipinski definition) is 0. The normalized spacial score (nSPS) is 20.5. The second-order valence-corrected chi connectivity index (χ2v) is 11.4. The van der Waals surface area contributed by atoms with Crippen LogP contribution in [0.2, 0.25) is 5.02 Å². The summed E-state index contributed by atoms with van der Waals surface area (Å²) in [6, 6.07) is 8.07. The molecule has 2 aromatic heterocycles. The van der Waals surface area contributed by atoms with E-state index in [0.29, 0.717) is 5.82 Å². The van der Waals surface area contributed by atoms with Crippen LogP contribution in [0.4, 0.5) is 10.8 Å². The molecule has 1 atom stereocenters. The first-order valence-electron chi connectivity index (χ1n) is 11.4. The lowest BCUT2D eigenvalue weighted by atomic mass is 9.86. The minimum absolute atomic E-state index is 0.0769. The number of anilines is 2. The van der Waals surface area contributed by atoms with Crippen LogP contribution >= 0.6 is 22.9 Å². The number of ether oxygens (including phenoxy) is 1. The van der Waals surface area contributed by atoms with Gasteiger partial charge in [-0.3, -0.25) is 0 Å². The first kappa shape index (κ1) is 23.0. The smallest absolute Gasteiger partial charge is 0.330 e. The van der Waals surface area contributed by atoms with Crippen molar-refractivity contribution >= 4 is 39.7 Å². The molecule has 4 heterocycles. The van der Waals surface area contributed by atoms with Gasteiger partial charge >= 0.3 is 5.97 Å². The van der Waals surface area contributed by atoms with Crippen molar-refractivity contribution in [2.45, 2.75) is 45.8 Å². The van der Waals surface area contributed by atoms with Crippen LogP contribution in [0, 0.1) is 5.41 Å². The molecule has 0 radical (unpaired) electrons. The van der Waals surface area contributed by atoms with Gasteiger partial charge < -0.3 is 14.5 Å². The van der Waals surface area contributed by atoms with Gasteiger partial charge in [-0.05, 0) is 51.0 Å². The Labute approximate surface area is 207 Å². The van der Waals surface area contributed by atoms with Gasteiger partial charge in [0, 0.05) is 31.6 Å². The second kappa shape index (κ2) is 8.81. The standard InChI is InChI=1S/C23H28ClN7O2S/c1-22(2,3)33-19(32)13-31-27-20(26-28-31)18-12-25-21(34-18)30-11-9-23(15-30)8-10-29(14-23)17-7-5-4-6-16(17)24/h4-7,12H,8-11,13-15H2,1-3H3. The summed E-state index contributed by atoms with van der Waals surface area (Å²) in [7, 11) is 0. The lowest BCUT2D eigenvalue weighted by molar-refractivity contribution is -0.156. The summed E-state index contributed by atoms with van der Waals surface area (Å²) in [6.07, 6.45) is 4.06. The first-order chi connectivity index (χ1) is 16.2. The van der Waals surface area contributed by atoms with E-state index in [1.165, 1.54) is 4.80 Å². The molecule has 5 rings (SSSR count). The summed E-state index contributed by atoms with van der Waals surface area (Å²) in [6.45, 7) is 9.37. The molecule has 2 aliphatic heterocycles. The molecule has 1 aromatic carbocycles. The van der Waals surface area contributed by atoms with E-state index >= 15 is 0 Å². The molecule has 2 saturated heterocycles. The highest BCUT2D eigenvalue weighted by atomic mass is 35.5. The van der Waals surface area contributed by atoms with E-state index < -0.39 is 11.6 Å². The molecule has 1 spiro atoms. The average molecular weight is 502 g/mol. The largest absolute Gasteiger partial charge is 0.459 e. The third kappa shape index (κ3) is 4.88. The molecule has 0 amide bonds. The zero-order valence-electron chi connectivity index (χ0n) is 19.6. The van der Waals surface area contributed by atoms with Crippen LogP contribution < -0.4 is 9.80 Å². The average Bonchev–Trinajstić information content (AvgIpc) is 3.54. The first-order valence-corrected chi connectivity index (χ1v) is 12.6. The van der Waals surface area contributed by atoms with Crippen LogP contribution in [0.15, 0.2) is 30.5 Å². The molecule has 34 heavy (non-hydrogen) atoms. The SMILES string of the molecule is CC(C)(C)OC(=O)Cn1nnc(-c2cnc(N3CCC4(CCN(c5ccccc5Cl)C4)C3)s2)n1. The lowest BCUT2D eigenvalue weighted by Gasteiger charge is -2.26. The van der Waals surface area contributed by atoms with Gasteiger partial charge in [-0.2, -0.15) is 4.80 Å². The zero-order chi connectivity index (χ0) is 23.9. The predicted molar refractivity (Wildman–Crippen MR) is 132 cm³/mol. The van der Waals surface area contributed by atoms with E-state index in [9.17, 15) is 4.79 Å². The van der Waals surface area contributed by atoms with Gasteiger partial charge in [0.05, 0.1) is 21.8 Å². The molecule has 2 fully saturated rings. The predicted octanol–water partition coefficient (Wildman–Crippen LogP) is 3.90. The molecule has 1 unspecified atom stereocenters. The van der Waals surface area contributed by atoms with Crippen molar-refractivity contribution in [3.05, 3.63) is 35.5 Å². The number of carbonyl (C=O) groups excluding carboxylic acids is 1. The van der Waals surface area contributed by atoms with Crippen LogP contribution in [0.1, 0.15) is 33.6 Å². The van der Waals surface area contributed by atoms with E-state index in [4.69, 9.17) is 16.3 Å². The van der Waals surface area contributed by atoms with Gasteiger partial charge in [-0.1, -0.05) is 35.1 Å². The van der Waals surface area contributed by atoms with Crippen molar-refractivity contribution in [3.63, 3.8) is 0 Å². The summed E-state index contributed by atoms with van der Waals surface area (Å²) in [5.74, 6) is 0.0678. The molecule has 9 nitrogen and oxygen atoms in total. The number of aromatic nitrogens is 5. The highest BCUT2D eigenvalue weighted by molar-refractivity contribution is 7.18. The van der Waals surface area contributed by atoms with Crippen LogP contribution in [-0.2, 0) is 16.1 Å². The van der Waals surface area contributed by atoms with Crippen molar-refractivity contribution in [3.8, 4) is 10.7 Å². The maximum Gasteiger partial charge on any atom is 0.330 e. The highest BCUT2D eigenvalue weighted by Gasteiger charge is 2.44. The van der Waals surface area contributed by atoms with E-state index in [1.807, 2.05) is 39.0 Å². The van der Waals surface area contributed by atoms with Crippen LogP contribution in [0.25, 0.3) is 10.7 Å². The van der Waals surface area contributed by atoms with Crippen LogP contribution in [0.5, 0.6) is 0 Å². The lowest BCUT2D eigenvalue weighted by Crippen LogP contribution is -2.30. The summed E-state index contributed by atoms with van der Waals surface area (Å²) in [5, 5.41) is 14.2. The molecular weight excluding hydrogens is 474 g/mol. The molecule has 2 aliphatic rings. The second-order valence-electron chi connectivity index (χ2n) is 10.0. The van der Waals surface area contributed by atoms with Gasteiger partial charge in [-0.25, -0.2) is 9.78 Å². The fourth-order valence-corrected chi connectivity index (χ4v) is 5.81. The molecular formula is C23H28ClN7O2S. The molecule has 0 bridgehead atoms. The monoisotopic (exact) mass is 501 g/mol. The van der Waals surface area contributed by atoms with E-state index in [0.717, 1.165) is 59.7 Å². The topological polar surface area (TPSA) is 89.3 Å². The molecule has 0 N–H and O–H groups in total. The van der Waals surface area contributed by atoms with Gasteiger partial charge in [0.1, 0.15) is 5.60 Å². The number of carbonyl (C=O) groups is 1. The Morgan fingerprint density at radius 3 is 2.68 bits per heavy atom. The molecule has 3 aromatic rings. The number of halogens is 1. The van der Waals surface area contributed by atoms with Gasteiger partial charge in [0.2, 0.25) is 5.82 Å². The summed E-state index contributed by atoms with van der Waals surface area (Å²) >= 11 is 7.99. The maximum atomic E-state index is 12.0. The Kier molecular flexibility index (Phi) is 5.97. The number of esters is 1. The maximum absolute atomic E-state index is 12.0. The summed E-state index contributed by atoms with van der Waals surface area (Å²) in [5.41, 5.74) is 0.820. The molecule has 11 heteroatoms. The van der Waals surface area contributed by atoms with Gasteiger partial charge in [-0.15, -0.1) is 10.2 Å². The minimum atomic E-state index is -0.552. The summed E-state index contributed by atoms with van der Waals surface area (Å²) in [4.78, 5) is 23.5. The van der Waals surface area contributed by atoms with Crippen molar-refractivity contribution in [2.24, 2.45) is 5.41 Å². The third-order valence-corrected chi connectivity index (χ3v) is 7.57. The molecule has 0 saturated carbocycles. The van der Waals surface area contributed by atoms with E-state index in [2.05, 4.69) is 36.3 Å². The van der Waals surface area contributed by atoms with Crippen molar-refractivity contribution < 1.29 is 9.53 Å². The van der Waals surface area contributed by atoms with Gasteiger partial charge in [0.15, 0.2) is 11.7 Å². The molecule has 0 aliphatic carbocycles. The Morgan fingerprint density at radius 2 is 1.91 bits per heavy atom. The van der Waals surface area contributed by atoms with Crippen molar-refractivity contribution in [1.82, 2.24) is 25.2 Å². The Balaban J connectivity index is 1.22. The highest BCUT2D eigenvalue weighted by Crippen LogP contribution is 2.44. The fraction of sp³-hybridized carbons (Fsp3) is 0.522. The Hall–Kier alpha value is -2.72. The zero-order valence-corrected chi connectivity index (χ0v) is 21.1. The molecule has 180 valence electrons. The summed E-state index contributed by atoms with van der Waals surface area (Å²) < 4.78 is 5.32. The van der Waals surface area contributed by atoms with Crippen LogP contribution in [0.3, 0.4) is 0 Å². The van der Waals surface area contributed by atoms with E-state index in [-0.39, 0.29) is 12.0 Å². The number of nitrogens with zero attached hydrogens (tertiary/aromatic N) is 7. The number of thiazole rings is 1. The quantitative estimate of drug-likeness (QED) is 0.486. The third-order valence-electron chi connectivity index (χ3n) is 6.20. The van der Waals surface area contributed by atoms with Crippen molar-refractivity contribution in [2.75, 3.05) is 36.0 Å². The van der Waals surface area contributed by atoms with Crippen molar-refractivity contribution in [1.29, 1.82) is 0 Å². The number of para-hydroxylation sites is 1. The minimum Gasteiger partial charge on any atom is -0.459 e.